The Morgan fingerprint density at radius 3 is 2.60 bits per heavy atom. The van der Waals surface area contributed by atoms with E-state index in [0.717, 1.165) is 23.3 Å². The van der Waals surface area contributed by atoms with Crippen LogP contribution >= 0.6 is 0 Å². The van der Waals surface area contributed by atoms with E-state index in [1.165, 1.54) is 27.7 Å². The van der Waals surface area contributed by atoms with Crippen LogP contribution in [-0.2, 0) is 16.6 Å². The highest BCUT2D eigenvalue weighted by molar-refractivity contribution is 5.81. The fourth-order valence-corrected chi connectivity index (χ4v) is 6.19. The van der Waals surface area contributed by atoms with E-state index in [4.69, 9.17) is 15.5 Å². The summed E-state index contributed by atoms with van der Waals surface area (Å²) in [5.74, 6) is 1.27. The van der Waals surface area contributed by atoms with Crippen molar-refractivity contribution >= 4 is 28.0 Å². The molecule has 0 spiro atoms. The predicted molar refractivity (Wildman–Crippen MR) is 153 cm³/mol. The Morgan fingerprint density at radius 1 is 1.12 bits per heavy atom. The first-order valence-corrected chi connectivity index (χ1v) is 14.5. The van der Waals surface area contributed by atoms with Crippen LogP contribution in [-0.4, -0.2) is 88.2 Å². The molecule has 0 bridgehead atoms. The van der Waals surface area contributed by atoms with Gasteiger partial charge in [0.1, 0.15) is 36.0 Å². The SMILES string of the molecule is CC(C)(C)c1ccc2nc(CCC3CC(N(CC4O[C@@H](n5cnc6c(N)ncnc65)[C@H](O)C4O)CC(F)(F)F)C3)[nH]c2c1. The number of benzene rings is 1. The third kappa shape index (κ3) is 6.06. The molecule has 6 rings (SSSR count). The fourth-order valence-electron chi connectivity index (χ4n) is 6.19. The minimum atomic E-state index is -4.43. The van der Waals surface area contributed by atoms with Gasteiger partial charge in [-0.25, -0.2) is 19.9 Å². The summed E-state index contributed by atoms with van der Waals surface area (Å²) in [4.78, 5) is 21.6. The number of H-pyrrole nitrogens is 1. The molecule has 5 N–H and O–H groups in total. The summed E-state index contributed by atoms with van der Waals surface area (Å²) in [5, 5.41) is 21.5. The molecule has 1 saturated carbocycles. The van der Waals surface area contributed by atoms with Crippen molar-refractivity contribution in [2.45, 2.75) is 88.6 Å². The number of nitrogens with two attached hydrogens (primary N) is 1. The van der Waals surface area contributed by atoms with Crippen LogP contribution in [0.5, 0.6) is 0 Å². The number of aromatic amines is 1. The maximum atomic E-state index is 13.6. The van der Waals surface area contributed by atoms with Gasteiger partial charge in [-0.2, -0.15) is 13.2 Å². The molecule has 2 aliphatic rings. The van der Waals surface area contributed by atoms with Crippen LogP contribution in [0.25, 0.3) is 22.2 Å². The summed E-state index contributed by atoms with van der Waals surface area (Å²) in [6.07, 6.45) is -4.06. The molecule has 1 saturated heterocycles. The molecule has 4 aromatic rings. The lowest BCUT2D eigenvalue weighted by molar-refractivity contribution is -0.163. The number of anilines is 1. The highest BCUT2D eigenvalue weighted by Crippen LogP contribution is 2.39. The number of aromatic nitrogens is 6. The highest BCUT2D eigenvalue weighted by atomic mass is 19.4. The standard InChI is InChI=1S/C29H37F3N8O3/c1-28(2,3)16-5-6-18-19(10-16)38-21(37-18)7-4-15-8-17(9-15)39(12-29(30,31)32)11-20-23(41)24(42)27(43-20)40-14-36-22-25(33)34-13-35-26(22)40/h5-6,10,13-15,17,20,23-24,27,41-42H,4,7-9,11-12H2,1-3H3,(H,37,38)(H2,33,34,35)/t15?,17?,20?,23?,24-,27-/m1/s1. The van der Waals surface area contributed by atoms with Gasteiger partial charge in [0.25, 0.3) is 0 Å². The average molecular weight is 603 g/mol. The summed E-state index contributed by atoms with van der Waals surface area (Å²) >= 11 is 0. The number of alkyl halides is 3. The van der Waals surface area contributed by atoms with E-state index in [1.54, 1.807) is 0 Å². The second-order valence-corrected chi connectivity index (χ2v) is 12.9. The molecule has 1 aliphatic heterocycles. The Morgan fingerprint density at radius 2 is 1.88 bits per heavy atom. The Labute approximate surface area is 246 Å². The van der Waals surface area contributed by atoms with E-state index in [9.17, 15) is 23.4 Å². The summed E-state index contributed by atoms with van der Waals surface area (Å²) in [6.45, 7) is 5.17. The summed E-state index contributed by atoms with van der Waals surface area (Å²) in [7, 11) is 0. The Bertz CT molecular complexity index is 1590. The summed E-state index contributed by atoms with van der Waals surface area (Å²) in [5.41, 5.74) is 9.56. The predicted octanol–water partition coefficient (Wildman–Crippen LogP) is 3.48. The van der Waals surface area contributed by atoms with E-state index in [0.29, 0.717) is 24.8 Å². The highest BCUT2D eigenvalue weighted by Gasteiger charge is 2.47. The number of nitrogens with zero attached hydrogens (tertiary/aromatic N) is 6. The topological polar surface area (TPSA) is 151 Å². The average Bonchev–Trinajstić information content (AvgIpc) is 3.58. The molecule has 43 heavy (non-hydrogen) atoms. The molecule has 1 aliphatic carbocycles. The van der Waals surface area contributed by atoms with Gasteiger partial charge in [-0.1, -0.05) is 26.8 Å². The second kappa shape index (κ2) is 11.0. The maximum absolute atomic E-state index is 13.6. The van der Waals surface area contributed by atoms with E-state index in [1.807, 2.05) is 6.07 Å². The zero-order chi connectivity index (χ0) is 30.7. The van der Waals surface area contributed by atoms with Crippen molar-refractivity contribution in [3.05, 3.63) is 42.2 Å². The van der Waals surface area contributed by atoms with Gasteiger partial charge >= 0.3 is 6.18 Å². The zero-order valence-corrected chi connectivity index (χ0v) is 24.3. The molecule has 11 nitrogen and oxygen atoms in total. The van der Waals surface area contributed by atoms with Crippen molar-refractivity contribution in [1.82, 2.24) is 34.4 Å². The van der Waals surface area contributed by atoms with Gasteiger partial charge in [0.05, 0.1) is 23.9 Å². The first kappa shape index (κ1) is 29.7. The third-order valence-corrected chi connectivity index (χ3v) is 8.71. The minimum absolute atomic E-state index is 0.0264. The maximum Gasteiger partial charge on any atom is 0.401 e. The van der Waals surface area contributed by atoms with Crippen molar-refractivity contribution in [2.75, 3.05) is 18.8 Å². The number of nitrogens with one attached hydrogen (secondary N) is 1. The van der Waals surface area contributed by atoms with Crippen molar-refractivity contribution in [3.63, 3.8) is 0 Å². The lowest BCUT2D eigenvalue weighted by Gasteiger charge is -2.44. The molecule has 4 heterocycles. The van der Waals surface area contributed by atoms with Crippen LogP contribution in [0.3, 0.4) is 0 Å². The second-order valence-electron chi connectivity index (χ2n) is 12.9. The number of aliphatic hydroxyl groups is 2. The van der Waals surface area contributed by atoms with Gasteiger partial charge in [-0.3, -0.25) is 9.47 Å². The van der Waals surface area contributed by atoms with Gasteiger partial charge in [0.2, 0.25) is 0 Å². The van der Waals surface area contributed by atoms with Gasteiger partial charge in [0, 0.05) is 19.0 Å². The quantitative estimate of drug-likeness (QED) is 0.238. The first-order valence-electron chi connectivity index (χ1n) is 14.5. The number of imidazole rings is 2. The normalized spacial score (nSPS) is 26.5. The molecule has 1 aromatic carbocycles. The van der Waals surface area contributed by atoms with Crippen molar-refractivity contribution in [3.8, 4) is 0 Å². The van der Waals surface area contributed by atoms with Crippen LogP contribution in [0.2, 0.25) is 0 Å². The van der Waals surface area contributed by atoms with E-state index < -0.39 is 37.3 Å². The summed E-state index contributed by atoms with van der Waals surface area (Å²) < 4.78 is 48.2. The number of hydrogen-bond donors (Lipinski definition) is 4. The third-order valence-electron chi connectivity index (χ3n) is 8.71. The number of fused-ring (bicyclic) bond motifs is 2. The molecule has 14 heteroatoms. The van der Waals surface area contributed by atoms with Crippen LogP contribution < -0.4 is 5.73 Å². The molecule has 2 fully saturated rings. The van der Waals surface area contributed by atoms with Gasteiger partial charge in [-0.05, 0) is 48.3 Å². The molecule has 0 amide bonds. The van der Waals surface area contributed by atoms with Gasteiger partial charge in [0.15, 0.2) is 17.7 Å². The smallest absolute Gasteiger partial charge is 0.387 e. The van der Waals surface area contributed by atoms with E-state index in [-0.39, 0.29) is 35.4 Å². The largest absolute Gasteiger partial charge is 0.401 e. The molecule has 0 radical (unpaired) electrons. The number of rotatable bonds is 8. The van der Waals surface area contributed by atoms with Gasteiger partial charge in [-0.15, -0.1) is 0 Å². The van der Waals surface area contributed by atoms with Crippen LogP contribution in [0.15, 0.2) is 30.9 Å². The van der Waals surface area contributed by atoms with Crippen molar-refractivity contribution in [2.24, 2.45) is 5.92 Å². The van der Waals surface area contributed by atoms with Gasteiger partial charge < -0.3 is 25.7 Å². The van der Waals surface area contributed by atoms with Crippen LogP contribution in [0.1, 0.15) is 57.6 Å². The van der Waals surface area contributed by atoms with E-state index >= 15 is 0 Å². The Balaban J connectivity index is 1.08. The van der Waals surface area contributed by atoms with Crippen LogP contribution in [0, 0.1) is 5.92 Å². The summed E-state index contributed by atoms with van der Waals surface area (Å²) in [6, 6.07) is 5.92. The minimum Gasteiger partial charge on any atom is -0.387 e. The van der Waals surface area contributed by atoms with Crippen molar-refractivity contribution < 1.29 is 28.1 Å². The van der Waals surface area contributed by atoms with E-state index in [2.05, 4.69) is 52.8 Å². The molecule has 3 aromatic heterocycles. The number of ether oxygens (including phenoxy) is 1. The number of aryl methyl sites for hydroxylation is 1. The number of nitrogen functional groups attached to an aromatic ring is 1. The zero-order valence-electron chi connectivity index (χ0n) is 24.3. The lowest BCUT2D eigenvalue weighted by Crippen LogP contribution is -2.52. The Hall–Kier alpha value is -3.33. The van der Waals surface area contributed by atoms with Crippen molar-refractivity contribution in [1.29, 1.82) is 0 Å². The number of halogens is 3. The molecule has 2 unspecified atom stereocenters. The molecular weight excluding hydrogens is 565 g/mol. The number of hydrogen-bond acceptors (Lipinski definition) is 9. The monoisotopic (exact) mass is 602 g/mol. The fraction of sp³-hybridized carbons (Fsp3) is 0.586. The van der Waals surface area contributed by atoms with Crippen LogP contribution in [0.4, 0.5) is 19.0 Å². The lowest BCUT2D eigenvalue weighted by atomic mass is 9.76. The Kier molecular flexibility index (Phi) is 7.60. The first-order chi connectivity index (χ1) is 20.3. The molecular formula is C29H37F3N8O3. The molecule has 4 atom stereocenters. The number of aliphatic hydroxyl groups excluding tert-OH is 2. The molecule has 232 valence electrons.